The first-order valence-corrected chi connectivity index (χ1v) is 12.6. The first-order chi connectivity index (χ1) is 17.5. The number of carbonyl (C=O) groups excluding carboxylic acids is 1. The van der Waals surface area contributed by atoms with E-state index in [1.807, 2.05) is 36.2 Å². The van der Waals surface area contributed by atoms with Crippen LogP contribution >= 0.6 is 23.2 Å². The van der Waals surface area contributed by atoms with Crippen LogP contribution < -0.4 is 5.43 Å². The molecule has 1 aliphatic rings. The van der Waals surface area contributed by atoms with Crippen molar-refractivity contribution >= 4 is 29.1 Å². The van der Waals surface area contributed by atoms with Gasteiger partial charge in [-0.15, -0.1) is 0 Å². The molecule has 9 heteroatoms. The molecule has 188 valence electrons. The van der Waals surface area contributed by atoms with Gasteiger partial charge in [-0.1, -0.05) is 54.1 Å². The van der Waals surface area contributed by atoms with Crippen molar-refractivity contribution in [2.45, 2.75) is 26.2 Å². The maximum atomic E-state index is 13.3. The van der Waals surface area contributed by atoms with Crippen LogP contribution in [-0.4, -0.2) is 53.7 Å². The molecule has 2 aromatic carbocycles. The summed E-state index contributed by atoms with van der Waals surface area (Å²) < 4.78 is 19.4. The summed E-state index contributed by atoms with van der Waals surface area (Å²) in [5.41, 5.74) is 7.17. The van der Waals surface area contributed by atoms with E-state index in [1.165, 1.54) is 0 Å². The summed E-state index contributed by atoms with van der Waals surface area (Å²) in [7, 11) is 0. The highest BCUT2D eigenvalue weighted by molar-refractivity contribution is 6.35. The van der Waals surface area contributed by atoms with Gasteiger partial charge < -0.3 is 4.74 Å². The van der Waals surface area contributed by atoms with Crippen LogP contribution in [0.4, 0.5) is 4.39 Å². The lowest BCUT2D eigenvalue weighted by Gasteiger charge is -2.26. The standard InChI is InChI=1S/C27H27Cl2FN4O2/c1-2-22-25(27(35)32-33-14-16-36-17-15-33)31-34(24-12-11-21(28)18-23(24)29)26(22)20-9-7-19(8-10-20)6-4-3-5-13-30/h7-12,18H,2-3,5,13-17H2,1H3,(H,32,35). The fourth-order valence-corrected chi connectivity index (χ4v) is 4.48. The first-order valence-electron chi connectivity index (χ1n) is 11.9. The Labute approximate surface area is 220 Å². The predicted octanol–water partition coefficient (Wildman–Crippen LogP) is 5.49. The zero-order valence-electron chi connectivity index (χ0n) is 20.0. The smallest absolute Gasteiger partial charge is 0.286 e. The minimum absolute atomic E-state index is 0.283. The van der Waals surface area contributed by atoms with Crippen molar-refractivity contribution in [2.75, 3.05) is 33.0 Å². The lowest BCUT2D eigenvalue weighted by Crippen LogP contribution is -2.48. The van der Waals surface area contributed by atoms with Crippen LogP contribution in [0.3, 0.4) is 0 Å². The maximum absolute atomic E-state index is 13.3. The largest absolute Gasteiger partial charge is 0.379 e. The average Bonchev–Trinajstić information content (AvgIpc) is 3.27. The third-order valence-corrected chi connectivity index (χ3v) is 6.33. The minimum atomic E-state index is -0.369. The normalized spacial score (nSPS) is 13.8. The van der Waals surface area contributed by atoms with E-state index in [-0.39, 0.29) is 12.6 Å². The van der Waals surface area contributed by atoms with Gasteiger partial charge in [0.2, 0.25) is 0 Å². The number of benzene rings is 2. The van der Waals surface area contributed by atoms with Crippen LogP contribution in [0.2, 0.25) is 10.0 Å². The van der Waals surface area contributed by atoms with Gasteiger partial charge >= 0.3 is 0 Å². The molecule has 1 aliphatic heterocycles. The van der Waals surface area contributed by atoms with E-state index >= 15 is 0 Å². The second kappa shape index (κ2) is 12.4. The molecule has 0 saturated carbocycles. The van der Waals surface area contributed by atoms with Crippen molar-refractivity contribution in [2.24, 2.45) is 0 Å². The van der Waals surface area contributed by atoms with E-state index < -0.39 is 0 Å². The van der Waals surface area contributed by atoms with Gasteiger partial charge in [-0.3, -0.25) is 14.6 Å². The quantitative estimate of drug-likeness (QED) is 0.325. The zero-order chi connectivity index (χ0) is 25.5. The lowest BCUT2D eigenvalue weighted by atomic mass is 10.0. The number of aromatic nitrogens is 2. The number of morpholine rings is 1. The lowest BCUT2D eigenvalue weighted by molar-refractivity contribution is 0.0124. The van der Waals surface area contributed by atoms with E-state index in [4.69, 9.17) is 33.0 Å². The first kappa shape index (κ1) is 26.2. The summed E-state index contributed by atoms with van der Waals surface area (Å²) in [4.78, 5) is 13.3. The van der Waals surface area contributed by atoms with Crippen molar-refractivity contribution in [3.05, 3.63) is 69.3 Å². The summed E-state index contributed by atoms with van der Waals surface area (Å²) in [6.45, 7) is 3.96. The number of halogens is 3. The van der Waals surface area contributed by atoms with Crippen LogP contribution in [0.25, 0.3) is 16.9 Å². The predicted molar refractivity (Wildman–Crippen MR) is 140 cm³/mol. The molecule has 1 aromatic heterocycles. The molecular formula is C27H27Cl2FN4O2. The summed E-state index contributed by atoms with van der Waals surface area (Å²) in [5, 5.41) is 7.50. The van der Waals surface area contributed by atoms with E-state index in [9.17, 15) is 9.18 Å². The molecule has 36 heavy (non-hydrogen) atoms. The van der Waals surface area contributed by atoms with Crippen LogP contribution in [0.15, 0.2) is 42.5 Å². The van der Waals surface area contributed by atoms with Crippen LogP contribution in [0.1, 0.15) is 41.4 Å². The molecule has 1 amide bonds. The Morgan fingerprint density at radius 3 is 2.58 bits per heavy atom. The fraction of sp³-hybridized carbons (Fsp3) is 0.333. The van der Waals surface area contributed by atoms with Gasteiger partial charge in [-0.25, -0.2) is 9.69 Å². The van der Waals surface area contributed by atoms with E-state index in [0.29, 0.717) is 67.0 Å². The Morgan fingerprint density at radius 1 is 1.17 bits per heavy atom. The SMILES string of the molecule is CCc1c(C(=O)NN2CCOCC2)nn(-c2ccc(Cl)cc2Cl)c1-c1ccc(C#CCCCF)cc1. The van der Waals surface area contributed by atoms with Gasteiger partial charge in [0.15, 0.2) is 5.69 Å². The number of unbranched alkanes of at least 4 members (excludes halogenated alkanes) is 1. The van der Waals surface area contributed by atoms with Gasteiger partial charge in [-0.2, -0.15) is 5.10 Å². The topological polar surface area (TPSA) is 59.4 Å². The average molecular weight is 529 g/mol. The van der Waals surface area contributed by atoms with E-state index in [1.54, 1.807) is 22.9 Å². The highest BCUT2D eigenvalue weighted by atomic mass is 35.5. The number of nitrogens with zero attached hydrogens (tertiary/aromatic N) is 3. The number of ether oxygens (including phenoxy) is 1. The molecule has 0 aliphatic carbocycles. The fourth-order valence-electron chi connectivity index (χ4n) is 3.99. The van der Waals surface area contributed by atoms with Crippen molar-refractivity contribution in [3.8, 4) is 28.8 Å². The van der Waals surface area contributed by atoms with Crippen LogP contribution in [0, 0.1) is 11.8 Å². The zero-order valence-corrected chi connectivity index (χ0v) is 21.5. The minimum Gasteiger partial charge on any atom is -0.379 e. The van der Waals surface area contributed by atoms with Gasteiger partial charge in [0, 0.05) is 41.2 Å². The van der Waals surface area contributed by atoms with E-state index in [2.05, 4.69) is 17.3 Å². The number of hydrogen-bond donors (Lipinski definition) is 1. The molecule has 0 atom stereocenters. The number of carbonyl (C=O) groups is 1. The van der Waals surface area contributed by atoms with E-state index in [0.717, 1.165) is 22.4 Å². The van der Waals surface area contributed by atoms with Gasteiger partial charge in [0.1, 0.15) is 0 Å². The van der Waals surface area contributed by atoms with Crippen molar-refractivity contribution in [1.29, 1.82) is 0 Å². The Hall–Kier alpha value is -2.89. The number of hydrogen-bond acceptors (Lipinski definition) is 4. The maximum Gasteiger partial charge on any atom is 0.286 e. The monoisotopic (exact) mass is 528 g/mol. The molecule has 1 fully saturated rings. The van der Waals surface area contributed by atoms with Crippen LogP contribution in [0.5, 0.6) is 0 Å². The number of rotatable bonds is 7. The van der Waals surface area contributed by atoms with Gasteiger partial charge in [0.05, 0.1) is 36.3 Å². The number of amides is 1. The van der Waals surface area contributed by atoms with Gasteiger partial charge in [-0.05, 0) is 43.2 Å². The summed E-state index contributed by atoms with van der Waals surface area (Å²) in [6, 6.07) is 12.9. The molecule has 2 heterocycles. The van der Waals surface area contributed by atoms with Crippen molar-refractivity contribution in [3.63, 3.8) is 0 Å². The molecule has 0 radical (unpaired) electrons. The van der Waals surface area contributed by atoms with Gasteiger partial charge in [0.25, 0.3) is 5.91 Å². The Kier molecular flexibility index (Phi) is 9.00. The molecular weight excluding hydrogens is 502 g/mol. The highest BCUT2D eigenvalue weighted by Crippen LogP contribution is 2.33. The molecule has 0 bridgehead atoms. The third kappa shape index (κ3) is 6.08. The van der Waals surface area contributed by atoms with Crippen molar-refractivity contribution in [1.82, 2.24) is 20.2 Å². The van der Waals surface area contributed by atoms with Crippen LogP contribution in [-0.2, 0) is 11.2 Å². The molecule has 0 spiro atoms. The summed E-state index contributed by atoms with van der Waals surface area (Å²) in [6.07, 6.45) is 1.53. The second-order valence-corrected chi connectivity index (χ2v) is 9.09. The summed E-state index contributed by atoms with van der Waals surface area (Å²) >= 11 is 12.7. The van der Waals surface area contributed by atoms with Crippen molar-refractivity contribution < 1.29 is 13.9 Å². The number of alkyl halides is 1. The molecule has 6 nitrogen and oxygen atoms in total. The number of hydrazine groups is 1. The summed E-state index contributed by atoms with van der Waals surface area (Å²) in [5.74, 6) is 5.77. The molecule has 1 saturated heterocycles. The second-order valence-electron chi connectivity index (χ2n) is 8.25. The number of nitrogens with one attached hydrogen (secondary N) is 1. The molecule has 1 N–H and O–H groups in total. The molecule has 0 unspecified atom stereocenters. The Morgan fingerprint density at radius 2 is 1.92 bits per heavy atom. The Bertz CT molecular complexity index is 1280. The Balaban J connectivity index is 1.76. The third-order valence-electron chi connectivity index (χ3n) is 5.79. The highest BCUT2D eigenvalue weighted by Gasteiger charge is 2.26. The molecule has 3 aromatic rings. The molecule has 4 rings (SSSR count).